The summed E-state index contributed by atoms with van der Waals surface area (Å²) in [6.45, 7) is 1.66. The van der Waals surface area contributed by atoms with E-state index in [0.29, 0.717) is 10.7 Å². The van der Waals surface area contributed by atoms with Gasteiger partial charge in [-0.1, -0.05) is 45.7 Å². The highest BCUT2D eigenvalue weighted by molar-refractivity contribution is 9.10. The molecule has 5 nitrogen and oxygen atoms in total. The number of hydrogen-bond acceptors (Lipinski definition) is 4. The smallest absolute Gasteiger partial charge is 0.253 e. The summed E-state index contributed by atoms with van der Waals surface area (Å²) in [5, 5.41) is 4.96. The van der Waals surface area contributed by atoms with Crippen molar-refractivity contribution in [2.45, 2.75) is 18.5 Å². The van der Waals surface area contributed by atoms with Crippen molar-refractivity contribution >= 4 is 45.0 Å². The summed E-state index contributed by atoms with van der Waals surface area (Å²) in [5.41, 5.74) is 1.64. The number of amides is 2. The maximum absolute atomic E-state index is 13.4. The summed E-state index contributed by atoms with van der Waals surface area (Å²) < 4.78 is 0.842. The standard InChI is InChI=1S/C20H17BrClN3O2/c21-13-3-1-4-15(11-13)25-19(26)16-17(12-5-7-14(22)8-6-12)23-9-2-10-24(23)18(16)20(25)27/h1,3-8,11,16-18H,2,9-10H2/t16-,17+,18+/m1/s1. The van der Waals surface area contributed by atoms with E-state index in [0.717, 1.165) is 29.5 Å². The molecule has 0 spiro atoms. The van der Waals surface area contributed by atoms with Gasteiger partial charge in [-0.2, -0.15) is 0 Å². The Balaban J connectivity index is 1.59. The van der Waals surface area contributed by atoms with Crippen molar-refractivity contribution in [1.29, 1.82) is 0 Å². The van der Waals surface area contributed by atoms with Crippen LogP contribution in [0.3, 0.4) is 0 Å². The molecule has 0 radical (unpaired) electrons. The van der Waals surface area contributed by atoms with Crippen LogP contribution in [0.1, 0.15) is 18.0 Å². The number of carbonyl (C=O) groups excluding carboxylic acids is 2. The second kappa shape index (κ2) is 6.41. The van der Waals surface area contributed by atoms with Crippen LogP contribution in [0.15, 0.2) is 53.0 Å². The first-order valence-electron chi connectivity index (χ1n) is 8.98. The molecule has 2 aromatic carbocycles. The fourth-order valence-corrected chi connectivity index (χ4v) is 5.16. The van der Waals surface area contributed by atoms with Crippen LogP contribution in [0.2, 0.25) is 5.02 Å². The molecule has 0 unspecified atom stereocenters. The molecule has 0 saturated carbocycles. The monoisotopic (exact) mass is 445 g/mol. The van der Waals surface area contributed by atoms with Gasteiger partial charge in [0.2, 0.25) is 5.91 Å². The lowest BCUT2D eigenvalue weighted by atomic mass is 9.90. The Morgan fingerprint density at radius 2 is 1.63 bits per heavy atom. The Labute approximate surface area is 170 Å². The Morgan fingerprint density at radius 1 is 0.926 bits per heavy atom. The lowest BCUT2D eigenvalue weighted by Gasteiger charge is -2.29. The van der Waals surface area contributed by atoms with Crippen molar-refractivity contribution in [1.82, 2.24) is 10.0 Å². The molecule has 0 aromatic heterocycles. The average molecular weight is 447 g/mol. The molecule has 0 N–H and O–H groups in total. The van der Waals surface area contributed by atoms with Gasteiger partial charge in [-0.05, 0) is 42.3 Å². The Kier molecular flexibility index (Phi) is 4.13. The van der Waals surface area contributed by atoms with Gasteiger partial charge in [0.05, 0.1) is 17.6 Å². The number of imide groups is 1. The maximum atomic E-state index is 13.4. The molecule has 3 heterocycles. The molecule has 3 saturated heterocycles. The van der Waals surface area contributed by atoms with Crippen molar-refractivity contribution < 1.29 is 9.59 Å². The second-order valence-electron chi connectivity index (χ2n) is 7.14. The molecule has 3 aliphatic rings. The predicted molar refractivity (Wildman–Crippen MR) is 106 cm³/mol. The molecule has 5 rings (SSSR count). The van der Waals surface area contributed by atoms with E-state index >= 15 is 0 Å². The van der Waals surface area contributed by atoms with Crippen LogP contribution in [0.4, 0.5) is 5.69 Å². The number of anilines is 1. The molecule has 0 bridgehead atoms. The number of fused-ring (bicyclic) bond motifs is 3. The van der Waals surface area contributed by atoms with Crippen LogP contribution in [0.5, 0.6) is 0 Å². The number of hydrazine groups is 1. The molecule has 2 amide bonds. The Morgan fingerprint density at radius 3 is 2.33 bits per heavy atom. The van der Waals surface area contributed by atoms with E-state index in [1.807, 2.05) is 42.5 Å². The van der Waals surface area contributed by atoms with Crippen molar-refractivity contribution in [3.8, 4) is 0 Å². The quantitative estimate of drug-likeness (QED) is 0.661. The highest BCUT2D eigenvalue weighted by Gasteiger charge is 2.62. The number of nitrogens with zero attached hydrogens (tertiary/aromatic N) is 3. The zero-order valence-electron chi connectivity index (χ0n) is 14.4. The highest BCUT2D eigenvalue weighted by Crippen LogP contribution is 2.49. The number of rotatable bonds is 2. The third kappa shape index (κ3) is 2.58. The van der Waals surface area contributed by atoms with Crippen LogP contribution in [0, 0.1) is 5.92 Å². The van der Waals surface area contributed by atoms with Crippen molar-refractivity contribution in [2.24, 2.45) is 5.92 Å². The molecule has 0 aliphatic carbocycles. The summed E-state index contributed by atoms with van der Waals surface area (Å²) in [7, 11) is 0. The largest absolute Gasteiger partial charge is 0.274 e. The van der Waals surface area contributed by atoms with Crippen LogP contribution in [0.25, 0.3) is 0 Å². The first-order chi connectivity index (χ1) is 13.1. The fraction of sp³-hybridized carbons (Fsp3) is 0.300. The van der Waals surface area contributed by atoms with Gasteiger partial charge in [-0.25, -0.2) is 14.9 Å². The molecular formula is C20H17BrClN3O2. The van der Waals surface area contributed by atoms with Gasteiger partial charge < -0.3 is 0 Å². The lowest BCUT2D eigenvalue weighted by Crippen LogP contribution is -2.44. The maximum Gasteiger partial charge on any atom is 0.253 e. The van der Waals surface area contributed by atoms with Crippen LogP contribution >= 0.6 is 27.5 Å². The molecule has 2 aromatic rings. The number of carbonyl (C=O) groups is 2. The topological polar surface area (TPSA) is 43.9 Å². The van der Waals surface area contributed by atoms with Gasteiger partial charge in [0, 0.05) is 22.6 Å². The molecule has 7 heteroatoms. The number of halogens is 2. The summed E-state index contributed by atoms with van der Waals surface area (Å²) in [4.78, 5) is 28.0. The van der Waals surface area contributed by atoms with Gasteiger partial charge in [0.15, 0.2) is 0 Å². The zero-order valence-corrected chi connectivity index (χ0v) is 16.7. The van der Waals surface area contributed by atoms with Crippen LogP contribution in [-0.2, 0) is 9.59 Å². The minimum absolute atomic E-state index is 0.127. The molecular weight excluding hydrogens is 430 g/mol. The van der Waals surface area contributed by atoms with Crippen LogP contribution in [-0.4, -0.2) is 41.0 Å². The molecule has 3 fully saturated rings. The Bertz CT molecular complexity index is 935. The Hall–Kier alpha value is -1.73. The normalized spacial score (nSPS) is 28.1. The van der Waals surface area contributed by atoms with E-state index in [2.05, 4.69) is 25.9 Å². The third-order valence-electron chi connectivity index (χ3n) is 5.68. The van der Waals surface area contributed by atoms with Crippen molar-refractivity contribution in [3.63, 3.8) is 0 Å². The van der Waals surface area contributed by atoms with E-state index < -0.39 is 12.0 Å². The molecule has 3 atom stereocenters. The zero-order chi connectivity index (χ0) is 18.7. The summed E-state index contributed by atoms with van der Waals surface area (Å²) in [5.74, 6) is -0.665. The van der Waals surface area contributed by atoms with E-state index in [1.165, 1.54) is 4.90 Å². The number of benzene rings is 2. The molecule has 27 heavy (non-hydrogen) atoms. The summed E-state index contributed by atoms with van der Waals surface area (Å²) in [6, 6.07) is 14.4. The first kappa shape index (κ1) is 17.4. The molecule has 138 valence electrons. The van der Waals surface area contributed by atoms with E-state index in [4.69, 9.17) is 11.6 Å². The lowest BCUT2D eigenvalue weighted by molar-refractivity contribution is -0.126. The van der Waals surface area contributed by atoms with E-state index in [1.54, 1.807) is 6.07 Å². The molecule has 3 aliphatic heterocycles. The van der Waals surface area contributed by atoms with E-state index in [9.17, 15) is 9.59 Å². The van der Waals surface area contributed by atoms with Gasteiger partial charge >= 0.3 is 0 Å². The van der Waals surface area contributed by atoms with Crippen molar-refractivity contribution in [3.05, 3.63) is 63.6 Å². The summed E-state index contributed by atoms with van der Waals surface area (Å²) >= 11 is 9.48. The average Bonchev–Trinajstić information content (AvgIpc) is 3.28. The van der Waals surface area contributed by atoms with Gasteiger partial charge in [-0.3, -0.25) is 9.59 Å². The van der Waals surface area contributed by atoms with E-state index in [-0.39, 0.29) is 17.9 Å². The second-order valence-corrected chi connectivity index (χ2v) is 8.49. The highest BCUT2D eigenvalue weighted by atomic mass is 79.9. The minimum Gasteiger partial charge on any atom is -0.274 e. The number of hydrogen-bond donors (Lipinski definition) is 0. The fourth-order valence-electron chi connectivity index (χ4n) is 4.64. The summed E-state index contributed by atoms with van der Waals surface area (Å²) in [6.07, 6.45) is 0.992. The minimum atomic E-state index is -0.431. The predicted octanol–water partition coefficient (Wildman–Crippen LogP) is 3.64. The van der Waals surface area contributed by atoms with Gasteiger partial charge in [0.25, 0.3) is 5.91 Å². The van der Waals surface area contributed by atoms with Gasteiger partial charge in [-0.15, -0.1) is 0 Å². The van der Waals surface area contributed by atoms with Gasteiger partial charge in [0.1, 0.15) is 6.04 Å². The SMILES string of the molecule is O=C1[C@H]2[C@@H](C(=O)N1c1cccc(Br)c1)N1CCCN1[C@H]2c1ccc(Cl)cc1. The van der Waals surface area contributed by atoms with Crippen molar-refractivity contribution in [2.75, 3.05) is 18.0 Å². The van der Waals surface area contributed by atoms with Crippen LogP contribution < -0.4 is 4.90 Å². The first-order valence-corrected chi connectivity index (χ1v) is 10.2. The third-order valence-corrected chi connectivity index (χ3v) is 6.43.